The Morgan fingerprint density at radius 3 is 2.75 bits per heavy atom. The number of rotatable bonds is 4. The van der Waals surface area contributed by atoms with Gasteiger partial charge in [0.15, 0.2) is 0 Å². The normalized spacial score (nSPS) is 17.3. The lowest BCUT2D eigenvalue weighted by molar-refractivity contribution is -0.128. The largest absolute Gasteiger partial charge is 0.325 e. The molecule has 122 valence electrons. The van der Waals surface area contributed by atoms with Gasteiger partial charge in [0, 0.05) is 24.5 Å². The predicted octanol–water partition coefficient (Wildman–Crippen LogP) is 3.85. The Labute approximate surface area is 146 Å². The molecule has 1 atom stereocenters. The summed E-state index contributed by atoms with van der Waals surface area (Å²) in [5, 5.41) is 8.97. The summed E-state index contributed by atoms with van der Waals surface area (Å²) in [5.41, 5.74) is 3.80. The molecule has 1 aromatic carbocycles. The summed E-state index contributed by atoms with van der Waals surface area (Å²) >= 11 is 1.65. The van der Waals surface area contributed by atoms with Crippen molar-refractivity contribution in [2.75, 3.05) is 12.3 Å². The van der Waals surface area contributed by atoms with Gasteiger partial charge in [0.2, 0.25) is 5.91 Å². The molecule has 1 aromatic heterocycles. The number of benzene rings is 1. The van der Waals surface area contributed by atoms with Gasteiger partial charge in [-0.2, -0.15) is 5.26 Å². The molecular weight excluding hydrogens is 318 g/mol. The van der Waals surface area contributed by atoms with Crippen LogP contribution in [-0.4, -0.2) is 28.1 Å². The van der Waals surface area contributed by atoms with Crippen LogP contribution in [0.2, 0.25) is 0 Å². The second kappa shape index (κ2) is 7.06. The summed E-state index contributed by atoms with van der Waals surface area (Å²) in [6.07, 6.45) is 3.63. The molecule has 1 unspecified atom stereocenters. The van der Waals surface area contributed by atoms with Gasteiger partial charge in [-0.3, -0.25) is 9.78 Å². The lowest BCUT2D eigenvalue weighted by Gasteiger charge is -2.27. The Hall–Kier alpha value is -2.32. The SMILES string of the molecule is CC(C)CN1C(=O)CSC1c1cnccc1-c1ccc(C#N)cc1. The maximum Gasteiger partial charge on any atom is 0.233 e. The number of hydrogen-bond acceptors (Lipinski definition) is 4. The van der Waals surface area contributed by atoms with Crippen molar-refractivity contribution in [3.05, 3.63) is 53.9 Å². The fourth-order valence-corrected chi connectivity index (χ4v) is 4.11. The molecule has 1 aliphatic heterocycles. The molecule has 0 bridgehead atoms. The smallest absolute Gasteiger partial charge is 0.233 e. The monoisotopic (exact) mass is 337 g/mol. The first-order valence-electron chi connectivity index (χ1n) is 7.95. The molecule has 3 rings (SSSR count). The highest BCUT2D eigenvalue weighted by Gasteiger charge is 2.34. The second-order valence-corrected chi connectivity index (χ2v) is 7.32. The van der Waals surface area contributed by atoms with Gasteiger partial charge in [-0.1, -0.05) is 26.0 Å². The van der Waals surface area contributed by atoms with E-state index in [-0.39, 0.29) is 11.3 Å². The topological polar surface area (TPSA) is 57.0 Å². The fourth-order valence-electron chi connectivity index (χ4n) is 2.89. The van der Waals surface area contributed by atoms with Gasteiger partial charge in [-0.05, 0) is 35.2 Å². The Morgan fingerprint density at radius 1 is 1.33 bits per heavy atom. The van der Waals surface area contributed by atoms with Crippen LogP contribution in [0, 0.1) is 17.2 Å². The molecular formula is C19H19N3OS. The van der Waals surface area contributed by atoms with Crippen LogP contribution in [0.1, 0.15) is 30.3 Å². The summed E-state index contributed by atoms with van der Waals surface area (Å²) in [4.78, 5) is 18.5. The summed E-state index contributed by atoms with van der Waals surface area (Å²) in [7, 11) is 0. The van der Waals surface area contributed by atoms with E-state index in [0.717, 1.165) is 23.2 Å². The summed E-state index contributed by atoms with van der Waals surface area (Å²) in [6, 6.07) is 11.7. The summed E-state index contributed by atoms with van der Waals surface area (Å²) < 4.78 is 0. The number of carbonyl (C=O) groups excluding carboxylic acids is 1. The molecule has 5 heteroatoms. The van der Waals surface area contributed by atoms with Crippen molar-refractivity contribution in [1.29, 1.82) is 5.26 Å². The van der Waals surface area contributed by atoms with Crippen molar-refractivity contribution in [2.24, 2.45) is 5.92 Å². The molecule has 1 saturated heterocycles. The van der Waals surface area contributed by atoms with Crippen LogP contribution in [0.25, 0.3) is 11.1 Å². The lowest BCUT2D eigenvalue weighted by Crippen LogP contribution is -2.31. The summed E-state index contributed by atoms with van der Waals surface area (Å²) in [5.74, 6) is 1.12. The van der Waals surface area contributed by atoms with Crippen LogP contribution in [-0.2, 0) is 4.79 Å². The van der Waals surface area contributed by atoms with E-state index < -0.39 is 0 Å². The average molecular weight is 337 g/mol. The third kappa shape index (κ3) is 3.29. The maximum absolute atomic E-state index is 12.3. The maximum atomic E-state index is 12.3. The second-order valence-electron chi connectivity index (χ2n) is 6.26. The zero-order valence-electron chi connectivity index (χ0n) is 13.8. The number of amides is 1. The van der Waals surface area contributed by atoms with Gasteiger partial charge in [0.25, 0.3) is 0 Å². The molecule has 24 heavy (non-hydrogen) atoms. The van der Waals surface area contributed by atoms with Crippen LogP contribution < -0.4 is 0 Å². The first-order chi connectivity index (χ1) is 11.6. The molecule has 1 amide bonds. The quantitative estimate of drug-likeness (QED) is 0.850. The van der Waals surface area contributed by atoms with Gasteiger partial charge >= 0.3 is 0 Å². The minimum Gasteiger partial charge on any atom is -0.325 e. The van der Waals surface area contributed by atoms with Crippen LogP contribution in [0.5, 0.6) is 0 Å². The predicted molar refractivity (Wildman–Crippen MR) is 96.1 cm³/mol. The molecule has 1 aliphatic rings. The number of carbonyl (C=O) groups is 1. The summed E-state index contributed by atoms with van der Waals surface area (Å²) in [6.45, 7) is 4.99. The number of hydrogen-bond donors (Lipinski definition) is 0. The van der Waals surface area contributed by atoms with E-state index >= 15 is 0 Å². The number of thioether (sulfide) groups is 1. The Balaban J connectivity index is 1.99. The van der Waals surface area contributed by atoms with Crippen molar-refractivity contribution in [3.8, 4) is 17.2 Å². The van der Waals surface area contributed by atoms with Crippen molar-refractivity contribution in [3.63, 3.8) is 0 Å². The highest BCUT2D eigenvalue weighted by atomic mass is 32.2. The number of nitrogens with zero attached hydrogens (tertiary/aromatic N) is 3. The zero-order valence-corrected chi connectivity index (χ0v) is 14.6. The molecule has 0 spiro atoms. The molecule has 0 aliphatic carbocycles. The van der Waals surface area contributed by atoms with Gasteiger partial charge in [-0.25, -0.2) is 0 Å². The third-order valence-electron chi connectivity index (χ3n) is 3.97. The average Bonchev–Trinajstić information content (AvgIpc) is 2.95. The van der Waals surface area contributed by atoms with Crippen molar-refractivity contribution in [2.45, 2.75) is 19.2 Å². The van der Waals surface area contributed by atoms with Gasteiger partial charge in [0.05, 0.1) is 17.4 Å². The highest BCUT2D eigenvalue weighted by Crippen LogP contribution is 2.42. The molecule has 4 nitrogen and oxygen atoms in total. The highest BCUT2D eigenvalue weighted by molar-refractivity contribution is 8.00. The van der Waals surface area contributed by atoms with Crippen molar-refractivity contribution in [1.82, 2.24) is 9.88 Å². The Bertz CT molecular complexity index is 780. The molecule has 0 N–H and O–H groups in total. The van der Waals surface area contributed by atoms with Crippen LogP contribution >= 0.6 is 11.8 Å². The van der Waals surface area contributed by atoms with E-state index in [1.807, 2.05) is 41.4 Å². The van der Waals surface area contributed by atoms with Gasteiger partial charge < -0.3 is 4.90 Å². The minimum atomic E-state index is -0.000701. The fraction of sp³-hybridized carbons (Fsp3) is 0.316. The van der Waals surface area contributed by atoms with E-state index in [0.29, 0.717) is 17.2 Å². The van der Waals surface area contributed by atoms with E-state index in [1.165, 1.54) is 0 Å². The van der Waals surface area contributed by atoms with Crippen LogP contribution in [0.4, 0.5) is 0 Å². The number of aromatic nitrogens is 1. The van der Waals surface area contributed by atoms with Gasteiger partial charge in [0.1, 0.15) is 5.37 Å². The molecule has 2 aromatic rings. The molecule has 1 fully saturated rings. The molecule has 0 radical (unpaired) electrons. The van der Waals surface area contributed by atoms with E-state index in [2.05, 4.69) is 24.9 Å². The minimum absolute atomic E-state index is 0.000701. The number of nitriles is 1. The van der Waals surface area contributed by atoms with E-state index in [9.17, 15) is 4.79 Å². The van der Waals surface area contributed by atoms with Crippen molar-refractivity contribution >= 4 is 17.7 Å². The standard InChI is InChI=1S/C19H19N3OS/c1-13(2)11-22-18(23)12-24-19(22)17-10-21-8-7-16(17)15-5-3-14(9-20)4-6-15/h3-8,10,13,19H,11-12H2,1-2H3. The third-order valence-corrected chi connectivity index (χ3v) is 5.21. The number of pyridine rings is 1. The van der Waals surface area contributed by atoms with Crippen LogP contribution in [0.15, 0.2) is 42.7 Å². The van der Waals surface area contributed by atoms with Crippen LogP contribution in [0.3, 0.4) is 0 Å². The Kier molecular flexibility index (Phi) is 4.86. The molecule has 0 saturated carbocycles. The Morgan fingerprint density at radius 2 is 2.08 bits per heavy atom. The first kappa shape index (κ1) is 16.5. The van der Waals surface area contributed by atoms with Gasteiger partial charge in [-0.15, -0.1) is 11.8 Å². The zero-order chi connectivity index (χ0) is 17.1. The van der Waals surface area contributed by atoms with E-state index in [4.69, 9.17) is 5.26 Å². The lowest BCUT2D eigenvalue weighted by atomic mass is 10.00. The van der Waals surface area contributed by atoms with Crippen molar-refractivity contribution < 1.29 is 4.79 Å². The first-order valence-corrected chi connectivity index (χ1v) is 9.00. The molecule has 2 heterocycles. The van der Waals surface area contributed by atoms with E-state index in [1.54, 1.807) is 18.0 Å².